The smallest absolute Gasteiger partial charge is 0.275 e. The summed E-state index contributed by atoms with van der Waals surface area (Å²) in [5, 5.41) is 4.03. The summed E-state index contributed by atoms with van der Waals surface area (Å²) in [6.07, 6.45) is 3.18. The lowest BCUT2D eigenvalue weighted by Crippen LogP contribution is -2.18. The molecule has 28 heavy (non-hydrogen) atoms. The third-order valence-electron chi connectivity index (χ3n) is 3.46. The van der Waals surface area contributed by atoms with E-state index in [1.165, 1.54) is 13.3 Å². The molecule has 0 atom stereocenters. The monoisotopic (exact) mass is 510 g/mol. The van der Waals surface area contributed by atoms with Crippen LogP contribution in [0.25, 0.3) is 0 Å². The third-order valence-corrected chi connectivity index (χ3v) is 4.55. The summed E-state index contributed by atoms with van der Waals surface area (Å²) in [4.78, 5) is 12.4. The van der Waals surface area contributed by atoms with E-state index >= 15 is 0 Å². The van der Waals surface area contributed by atoms with Crippen molar-refractivity contribution in [3.63, 3.8) is 0 Å². The zero-order valence-electron chi connectivity index (χ0n) is 15.5. The Labute approximate surface area is 180 Å². The predicted octanol–water partition coefficient (Wildman–Crippen LogP) is 4.95. The van der Waals surface area contributed by atoms with E-state index in [-0.39, 0.29) is 5.91 Å². The van der Waals surface area contributed by atoms with Crippen molar-refractivity contribution in [1.82, 2.24) is 5.43 Å². The molecule has 2 aromatic rings. The van der Waals surface area contributed by atoms with Gasteiger partial charge in [0.25, 0.3) is 5.91 Å². The summed E-state index contributed by atoms with van der Waals surface area (Å²) in [6, 6.07) is 8.76. The maximum Gasteiger partial charge on any atom is 0.275 e. The van der Waals surface area contributed by atoms with Crippen LogP contribution >= 0.6 is 31.9 Å². The molecule has 0 unspecified atom stereocenters. The highest BCUT2D eigenvalue weighted by atomic mass is 79.9. The first kappa shape index (κ1) is 22.0. The molecule has 0 aliphatic carbocycles. The zero-order valence-corrected chi connectivity index (χ0v) is 18.7. The van der Waals surface area contributed by atoms with E-state index in [0.29, 0.717) is 40.5 Å². The average Bonchev–Trinajstić information content (AvgIpc) is 2.67. The van der Waals surface area contributed by atoms with Crippen molar-refractivity contribution >= 4 is 44.0 Å². The minimum Gasteiger partial charge on any atom is -0.496 e. The molecule has 1 amide bonds. The Morgan fingerprint density at radius 3 is 2.68 bits per heavy atom. The molecule has 0 aromatic heterocycles. The molecule has 148 valence electrons. The van der Waals surface area contributed by atoms with Crippen LogP contribution in [0.5, 0.6) is 17.2 Å². The number of hydrogen-bond acceptors (Lipinski definition) is 5. The number of carbonyl (C=O) groups is 1. The van der Waals surface area contributed by atoms with Crippen molar-refractivity contribution in [2.24, 2.45) is 5.10 Å². The van der Waals surface area contributed by atoms with Crippen molar-refractivity contribution in [3.8, 4) is 17.2 Å². The summed E-state index contributed by atoms with van der Waals surface area (Å²) in [5.41, 5.74) is 3.60. The number of methoxy groups -OCH3 is 1. The van der Waals surface area contributed by atoms with E-state index in [0.717, 1.165) is 10.0 Å². The second-order valence-corrected chi connectivity index (χ2v) is 7.18. The summed E-state index contributed by atoms with van der Waals surface area (Å²) in [5.74, 6) is 1.23. The molecule has 0 bridgehead atoms. The van der Waals surface area contributed by atoms with Crippen LogP contribution in [0.2, 0.25) is 0 Å². The first-order valence-corrected chi connectivity index (χ1v) is 9.95. The molecule has 6 nitrogen and oxygen atoms in total. The number of benzene rings is 2. The Bertz CT molecular complexity index is 885. The first-order chi connectivity index (χ1) is 13.5. The number of nitrogens with zero attached hydrogens (tertiary/aromatic N) is 1. The topological polar surface area (TPSA) is 69.2 Å². The quantitative estimate of drug-likeness (QED) is 0.294. The van der Waals surface area contributed by atoms with Gasteiger partial charge in [0.15, 0.2) is 11.5 Å². The van der Waals surface area contributed by atoms with Crippen LogP contribution in [0.4, 0.5) is 0 Å². The Balaban J connectivity index is 2.18. The van der Waals surface area contributed by atoms with Gasteiger partial charge in [-0.1, -0.05) is 28.6 Å². The van der Waals surface area contributed by atoms with E-state index in [1.54, 1.807) is 30.3 Å². The van der Waals surface area contributed by atoms with E-state index < -0.39 is 0 Å². The molecule has 0 saturated heterocycles. The van der Waals surface area contributed by atoms with Crippen LogP contribution in [-0.2, 0) is 0 Å². The minimum absolute atomic E-state index is 0.358. The summed E-state index contributed by atoms with van der Waals surface area (Å²) < 4.78 is 18.0. The number of nitrogens with one attached hydrogen (secondary N) is 1. The number of hydrazone groups is 1. The molecule has 1 N–H and O–H groups in total. The maximum atomic E-state index is 12.4. The predicted molar refractivity (Wildman–Crippen MR) is 117 cm³/mol. The number of halogens is 2. The van der Waals surface area contributed by atoms with Crippen LogP contribution in [0, 0.1) is 0 Å². The molecule has 2 rings (SSSR count). The van der Waals surface area contributed by atoms with Crippen LogP contribution in [0.15, 0.2) is 57.0 Å². The molecular formula is C20H20Br2N2O4. The van der Waals surface area contributed by atoms with Crippen LogP contribution in [-0.4, -0.2) is 32.4 Å². The van der Waals surface area contributed by atoms with E-state index in [1.807, 2.05) is 13.0 Å². The standard InChI is InChI=1S/C20H20Br2N2O4/c1-4-8-28-19-16(22)9-13(10-18(19)27-5-2)12-23-24-20(25)15-11-14(21)6-7-17(15)26-3/h4,6-7,9-12H,1,5,8H2,2-3H3,(H,24,25)/b23-12-. The largest absolute Gasteiger partial charge is 0.496 e. The highest BCUT2D eigenvalue weighted by Gasteiger charge is 2.13. The van der Waals surface area contributed by atoms with Crippen molar-refractivity contribution in [1.29, 1.82) is 0 Å². The molecule has 2 aromatic carbocycles. The van der Waals surface area contributed by atoms with Gasteiger partial charge in [-0.2, -0.15) is 5.10 Å². The molecule has 0 heterocycles. The van der Waals surface area contributed by atoms with Gasteiger partial charge in [-0.25, -0.2) is 5.43 Å². The van der Waals surface area contributed by atoms with Crippen molar-refractivity contribution < 1.29 is 19.0 Å². The van der Waals surface area contributed by atoms with E-state index in [9.17, 15) is 4.79 Å². The van der Waals surface area contributed by atoms with E-state index in [4.69, 9.17) is 14.2 Å². The summed E-state index contributed by atoms with van der Waals surface area (Å²) >= 11 is 6.82. The number of carbonyl (C=O) groups excluding carboxylic acids is 1. The Hall–Kier alpha value is -2.32. The Kier molecular flexibility index (Phi) is 8.53. The zero-order chi connectivity index (χ0) is 20.5. The van der Waals surface area contributed by atoms with Gasteiger partial charge in [0.05, 0.1) is 30.0 Å². The average molecular weight is 512 g/mol. The normalized spacial score (nSPS) is 10.6. The van der Waals surface area contributed by atoms with Crippen LogP contribution in [0.3, 0.4) is 0 Å². The lowest BCUT2D eigenvalue weighted by molar-refractivity contribution is 0.0952. The van der Waals surface area contributed by atoms with Crippen LogP contribution < -0.4 is 19.6 Å². The van der Waals surface area contributed by atoms with Gasteiger partial charge >= 0.3 is 0 Å². The summed E-state index contributed by atoms with van der Waals surface area (Å²) in [6.45, 7) is 6.37. The van der Waals surface area contributed by atoms with Crippen LogP contribution in [0.1, 0.15) is 22.8 Å². The first-order valence-electron chi connectivity index (χ1n) is 8.37. The number of rotatable bonds is 9. The van der Waals surface area contributed by atoms with Gasteiger partial charge in [-0.3, -0.25) is 4.79 Å². The van der Waals surface area contributed by atoms with Gasteiger partial charge in [0.1, 0.15) is 12.4 Å². The molecule has 0 fully saturated rings. The highest BCUT2D eigenvalue weighted by molar-refractivity contribution is 9.10. The molecule has 0 radical (unpaired) electrons. The Morgan fingerprint density at radius 1 is 1.21 bits per heavy atom. The fourth-order valence-electron chi connectivity index (χ4n) is 2.29. The summed E-state index contributed by atoms with van der Waals surface area (Å²) in [7, 11) is 1.51. The van der Waals surface area contributed by atoms with Gasteiger partial charge in [-0.05, 0) is 58.7 Å². The number of amides is 1. The molecule has 0 aliphatic heterocycles. The lowest BCUT2D eigenvalue weighted by atomic mass is 10.2. The third kappa shape index (κ3) is 5.84. The minimum atomic E-state index is -0.385. The number of ether oxygens (including phenoxy) is 3. The van der Waals surface area contributed by atoms with E-state index in [2.05, 4.69) is 49.0 Å². The molecule has 8 heteroatoms. The second kappa shape index (κ2) is 10.9. The van der Waals surface area contributed by atoms with Gasteiger partial charge < -0.3 is 14.2 Å². The van der Waals surface area contributed by atoms with Crippen molar-refractivity contribution in [2.45, 2.75) is 6.92 Å². The fourth-order valence-corrected chi connectivity index (χ4v) is 3.23. The number of hydrogen-bond donors (Lipinski definition) is 1. The second-order valence-electron chi connectivity index (χ2n) is 5.41. The molecule has 0 spiro atoms. The maximum absolute atomic E-state index is 12.4. The molecule has 0 saturated carbocycles. The SMILES string of the molecule is C=CCOc1c(Br)cc(/C=N\NC(=O)c2cc(Br)ccc2OC)cc1OCC. The highest BCUT2D eigenvalue weighted by Crippen LogP contribution is 2.36. The van der Waals surface area contributed by atoms with Crippen molar-refractivity contribution in [3.05, 3.63) is 63.1 Å². The molecule has 0 aliphatic rings. The molecular weight excluding hydrogens is 492 g/mol. The van der Waals surface area contributed by atoms with Crippen molar-refractivity contribution in [2.75, 3.05) is 20.3 Å². The lowest BCUT2D eigenvalue weighted by Gasteiger charge is -2.13. The van der Waals surface area contributed by atoms with Gasteiger partial charge in [0, 0.05) is 4.47 Å². The Morgan fingerprint density at radius 2 is 2.00 bits per heavy atom. The fraction of sp³-hybridized carbons (Fsp3) is 0.200. The van der Waals surface area contributed by atoms with Gasteiger partial charge in [0.2, 0.25) is 0 Å². The van der Waals surface area contributed by atoms with Gasteiger partial charge in [-0.15, -0.1) is 0 Å².